The van der Waals surface area contributed by atoms with Crippen LogP contribution in [0.5, 0.6) is 0 Å². The van der Waals surface area contributed by atoms with Crippen LogP contribution in [-0.2, 0) is 10.9 Å². The van der Waals surface area contributed by atoms with E-state index in [9.17, 15) is 22.8 Å². The summed E-state index contributed by atoms with van der Waals surface area (Å²) in [7, 11) is 1.63. The van der Waals surface area contributed by atoms with Gasteiger partial charge in [0.05, 0.1) is 22.6 Å². The maximum Gasteiger partial charge on any atom is 0.416 e. The predicted molar refractivity (Wildman–Crippen MR) is 127 cm³/mol. The van der Waals surface area contributed by atoms with Crippen LogP contribution in [0.1, 0.15) is 53.1 Å². The molecular formula is C25H27F3N4O3. The third kappa shape index (κ3) is 5.32. The van der Waals surface area contributed by atoms with Crippen molar-refractivity contribution in [1.29, 1.82) is 0 Å². The molecule has 1 saturated heterocycles. The number of carbonyl (C=O) groups is 1. The van der Waals surface area contributed by atoms with Gasteiger partial charge in [0.25, 0.3) is 11.5 Å². The van der Waals surface area contributed by atoms with Crippen LogP contribution >= 0.6 is 0 Å². The summed E-state index contributed by atoms with van der Waals surface area (Å²) in [6.07, 6.45) is -2.82. The number of aromatic nitrogens is 2. The molecule has 0 radical (unpaired) electrons. The van der Waals surface area contributed by atoms with Gasteiger partial charge in [-0.1, -0.05) is 0 Å². The molecule has 0 bridgehead atoms. The second-order valence-corrected chi connectivity index (χ2v) is 8.80. The first-order valence-corrected chi connectivity index (χ1v) is 11.4. The first-order chi connectivity index (χ1) is 16.6. The highest BCUT2D eigenvalue weighted by molar-refractivity contribution is 5.94. The fraction of sp³-hybridized carbons (Fsp3) is 0.400. The topological polar surface area (TPSA) is 87.3 Å². The summed E-state index contributed by atoms with van der Waals surface area (Å²) in [4.78, 5) is 33.5. The van der Waals surface area contributed by atoms with Crippen LogP contribution in [0.2, 0.25) is 0 Å². The highest BCUT2D eigenvalue weighted by atomic mass is 19.4. The van der Waals surface area contributed by atoms with Crippen molar-refractivity contribution < 1.29 is 22.7 Å². The molecule has 1 aliphatic rings. The van der Waals surface area contributed by atoms with Gasteiger partial charge < -0.3 is 19.9 Å². The largest absolute Gasteiger partial charge is 0.416 e. The van der Waals surface area contributed by atoms with Gasteiger partial charge in [-0.25, -0.2) is 4.98 Å². The van der Waals surface area contributed by atoms with Gasteiger partial charge in [0, 0.05) is 37.5 Å². The number of alkyl halides is 3. The summed E-state index contributed by atoms with van der Waals surface area (Å²) >= 11 is 0. The number of carbonyl (C=O) groups excluding carboxylic acids is 1. The van der Waals surface area contributed by atoms with Crippen LogP contribution in [0.15, 0.2) is 41.2 Å². The molecule has 1 fully saturated rings. The first-order valence-electron chi connectivity index (χ1n) is 11.4. The number of nitrogens with zero attached hydrogens (tertiary/aromatic N) is 2. The van der Waals surface area contributed by atoms with E-state index in [0.717, 1.165) is 18.9 Å². The number of rotatable bonds is 5. The van der Waals surface area contributed by atoms with Crippen molar-refractivity contribution in [3.05, 3.63) is 69.3 Å². The van der Waals surface area contributed by atoms with Crippen LogP contribution in [0, 0.1) is 6.92 Å². The van der Waals surface area contributed by atoms with E-state index in [-0.39, 0.29) is 34.3 Å². The Morgan fingerprint density at radius 3 is 2.63 bits per heavy atom. The fourth-order valence-corrected chi connectivity index (χ4v) is 4.46. The molecule has 10 heteroatoms. The van der Waals surface area contributed by atoms with E-state index >= 15 is 0 Å². The van der Waals surface area contributed by atoms with Crippen molar-refractivity contribution in [2.24, 2.45) is 0 Å². The molecule has 7 nitrogen and oxygen atoms in total. The zero-order chi connectivity index (χ0) is 25.3. The maximum atomic E-state index is 13.9. The van der Waals surface area contributed by atoms with E-state index in [0.29, 0.717) is 24.3 Å². The first kappa shape index (κ1) is 24.7. The summed E-state index contributed by atoms with van der Waals surface area (Å²) < 4.78 is 46.9. The number of nitrogens with one attached hydrogen (secondary N) is 2. The van der Waals surface area contributed by atoms with Crippen LogP contribution in [0.25, 0.3) is 10.9 Å². The Hall–Kier alpha value is -3.40. The molecule has 0 aliphatic carbocycles. The number of aromatic amines is 1. The summed E-state index contributed by atoms with van der Waals surface area (Å²) in [5, 5.41) is 3.14. The second-order valence-electron chi connectivity index (χ2n) is 8.80. The van der Waals surface area contributed by atoms with Gasteiger partial charge >= 0.3 is 6.18 Å². The predicted octanol–water partition coefficient (Wildman–Crippen LogP) is 4.67. The highest BCUT2D eigenvalue weighted by Crippen LogP contribution is 2.37. The lowest BCUT2D eigenvalue weighted by molar-refractivity contribution is -0.138. The lowest BCUT2D eigenvalue weighted by Gasteiger charge is -2.32. The number of amides is 1. The number of aryl methyl sites for hydroxylation is 1. The third-order valence-corrected chi connectivity index (χ3v) is 6.28. The van der Waals surface area contributed by atoms with Crippen molar-refractivity contribution in [3.63, 3.8) is 0 Å². The fourth-order valence-electron chi connectivity index (χ4n) is 4.46. The molecule has 1 aromatic heterocycles. The van der Waals surface area contributed by atoms with Gasteiger partial charge in [0.1, 0.15) is 5.82 Å². The minimum atomic E-state index is -4.62. The van der Waals surface area contributed by atoms with Gasteiger partial charge in [0.2, 0.25) is 0 Å². The van der Waals surface area contributed by atoms with E-state index in [1.165, 1.54) is 13.0 Å². The molecule has 0 saturated carbocycles. The van der Waals surface area contributed by atoms with E-state index in [2.05, 4.69) is 15.3 Å². The van der Waals surface area contributed by atoms with E-state index in [1.807, 2.05) is 0 Å². The molecule has 2 aromatic carbocycles. The van der Waals surface area contributed by atoms with Crippen molar-refractivity contribution in [2.75, 3.05) is 25.5 Å². The Morgan fingerprint density at radius 1 is 1.26 bits per heavy atom. The Balaban J connectivity index is 1.57. The molecule has 35 heavy (non-hydrogen) atoms. The Kier molecular flexibility index (Phi) is 6.84. The number of halogens is 3. The number of fused-ring (bicyclic) bond motifs is 1. The van der Waals surface area contributed by atoms with Gasteiger partial charge in [-0.15, -0.1) is 0 Å². The van der Waals surface area contributed by atoms with Gasteiger partial charge in [0.15, 0.2) is 0 Å². The molecule has 2 N–H and O–H groups in total. The van der Waals surface area contributed by atoms with Crippen LogP contribution in [0.3, 0.4) is 0 Å². The average molecular weight is 489 g/mol. The van der Waals surface area contributed by atoms with E-state index < -0.39 is 23.3 Å². The molecule has 4 rings (SSSR count). The molecule has 2 unspecified atom stereocenters. The molecule has 2 atom stereocenters. The Bertz CT molecular complexity index is 1290. The minimum Gasteiger partial charge on any atom is -0.380 e. The minimum absolute atomic E-state index is 0.00850. The zero-order valence-electron chi connectivity index (χ0n) is 19.7. The summed E-state index contributed by atoms with van der Waals surface area (Å²) in [6, 6.07) is 8.00. The Labute approximate surface area is 200 Å². The molecular weight excluding hydrogens is 461 g/mol. The van der Waals surface area contributed by atoms with Crippen molar-refractivity contribution >= 4 is 22.5 Å². The van der Waals surface area contributed by atoms with Gasteiger partial charge in [-0.2, -0.15) is 13.2 Å². The monoisotopic (exact) mass is 488 g/mol. The number of anilines is 1. The van der Waals surface area contributed by atoms with E-state index in [4.69, 9.17) is 4.74 Å². The molecule has 1 amide bonds. The molecule has 186 valence electrons. The number of likely N-dealkylation sites (tertiary alicyclic amines) is 1. The van der Waals surface area contributed by atoms with Gasteiger partial charge in [-0.05, 0) is 68.7 Å². The van der Waals surface area contributed by atoms with Crippen LogP contribution in [-0.4, -0.2) is 47.1 Å². The SMILES string of the molecule is COC1CCCN(C(=O)c2ccc(NC(C)c3cc4c(=O)[nH]c(C)nc4cc3C(F)(F)F)cc2)C1. The number of benzene rings is 2. The summed E-state index contributed by atoms with van der Waals surface area (Å²) in [5.74, 6) is 0.133. The number of H-pyrrole nitrogens is 1. The smallest absolute Gasteiger partial charge is 0.380 e. The number of ether oxygens (including phenoxy) is 1. The second kappa shape index (κ2) is 9.69. The standard InChI is InChI=1S/C25H27F3N4O3/c1-14(19-11-20-22(12-21(19)25(26,27)28)30-15(2)31-23(20)33)29-17-8-6-16(7-9-17)24(34)32-10-4-5-18(13-32)35-3/h6-9,11-12,14,18,29H,4-5,10,13H2,1-3H3,(H,30,31,33). The highest BCUT2D eigenvalue weighted by Gasteiger charge is 2.35. The van der Waals surface area contributed by atoms with Gasteiger partial charge in [-0.3, -0.25) is 9.59 Å². The summed E-state index contributed by atoms with van der Waals surface area (Å²) in [6.45, 7) is 4.29. The van der Waals surface area contributed by atoms with Crippen LogP contribution < -0.4 is 10.9 Å². The molecule has 1 aliphatic heterocycles. The lowest BCUT2D eigenvalue weighted by Crippen LogP contribution is -2.42. The van der Waals surface area contributed by atoms with Crippen molar-refractivity contribution in [3.8, 4) is 0 Å². The van der Waals surface area contributed by atoms with E-state index in [1.54, 1.807) is 43.2 Å². The quantitative estimate of drug-likeness (QED) is 0.545. The number of hydrogen-bond acceptors (Lipinski definition) is 5. The Morgan fingerprint density at radius 2 is 1.97 bits per heavy atom. The zero-order valence-corrected chi connectivity index (χ0v) is 19.7. The molecule has 0 spiro atoms. The van der Waals surface area contributed by atoms with Crippen molar-refractivity contribution in [2.45, 2.75) is 45.0 Å². The number of hydrogen-bond donors (Lipinski definition) is 2. The summed E-state index contributed by atoms with van der Waals surface area (Å²) in [5.41, 5.74) is -0.384. The lowest BCUT2D eigenvalue weighted by atomic mass is 9.98. The maximum absolute atomic E-state index is 13.9. The van der Waals surface area contributed by atoms with Crippen LogP contribution in [0.4, 0.5) is 18.9 Å². The number of methoxy groups -OCH3 is 1. The molecule has 2 heterocycles. The number of piperidine rings is 1. The third-order valence-electron chi connectivity index (χ3n) is 6.28. The normalized spacial score (nSPS) is 17.4. The molecule has 3 aromatic rings. The van der Waals surface area contributed by atoms with Crippen molar-refractivity contribution in [1.82, 2.24) is 14.9 Å². The average Bonchev–Trinajstić information content (AvgIpc) is 2.82.